The molecule has 0 spiro atoms. The molecule has 0 aliphatic rings. The Morgan fingerprint density at radius 3 is 1.84 bits per heavy atom. The van der Waals surface area contributed by atoms with E-state index >= 15 is 0 Å². The van der Waals surface area contributed by atoms with Crippen LogP contribution in [-0.2, 0) is 33.4 Å². The fourth-order valence-corrected chi connectivity index (χ4v) is 4.01. The van der Waals surface area contributed by atoms with Gasteiger partial charge in [-0.15, -0.1) is 0 Å². The minimum absolute atomic E-state index is 0.0489. The Morgan fingerprint density at radius 1 is 0.689 bits per heavy atom. The molecule has 9 N–H and O–H groups in total. The largest absolute Gasteiger partial charge is 0.377 e. The molecule has 7 amide bonds. The monoisotopic (exact) mass is 640 g/mol. The number of nitrogens with one attached hydrogen (secondary N) is 7. The van der Waals surface area contributed by atoms with Crippen molar-refractivity contribution in [1.29, 1.82) is 0 Å². The Bertz CT molecular complexity index is 912. The lowest BCUT2D eigenvalue weighted by molar-refractivity contribution is -0.134. The van der Waals surface area contributed by atoms with Crippen molar-refractivity contribution in [1.82, 2.24) is 37.1 Å². The summed E-state index contributed by atoms with van der Waals surface area (Å²) in [6.07, 6.45) is 2.58. The smallest absolute Gasteiger partial charge is 0.312 e. The van der Waals surface area contributed by atoms with Crippen LogP contribution in [0.25, 0.3) is 0 Å². The second kappa shape index (κ2) is 25.8. The summed E-state index contributed by atoms with van der Waals surface area (Å²) in [7, 11) is 5.29. The number of amides is 7. The Kier molecular flexibility index (Phi) is 23.9. The third-order valence-electron chi connectivity index (χ3n) is 6.41. The standard InChI is InChI=1S/C28H53BN8O8/c1-5-23(39)31-13-15-44-17-18-45-16-14-32-25(40)21(10-8-11-33-28(30)43)36-27(42)24(19(2)3)37-26(41)22(35-20(4)38)9-6-7-12-34-29/h19,21-22,24,34H,5-18H2,1-4H3,(H,31,39)(H,32,40)(H,35,38)(H,36,42)(H,37,41)(H3,30,33,43)/t21-,22-,24?/m0/s1. The molecule has 0 heterocycles. The Balaban J connectivity index is 5.07. The summed E-state index contributed by atoms with van der Waals surface area (Å²) in [5, 5.41) is 18.5. The maximum atomic E-state index is 13.3. The number of hydrogen-bond acceptors (Lipinski definition) is 9. The number of hydrogen-bond donors (Lipinski definition) is 8. The maximum absolute atomic E-state index is 13.3. The fourth-order valence-electron chi connectivity index (χ4n) is 4.01. The molecule has 45 heavy (non-hydrogen) atoms. The Labute approximate surface area is 267 Å². The summed E-state index contributed by atoms with van der Waals surface area (Å²) in [4.78, 5) is 73.3. The number of nitrogens with two attached hydrogens (primary N) is 1. The van der Waals surface area contributed by atoms with Crippen molar-refractivity contribution in [3.63, 3.8) is 0 Å². The van der Waals surface area contributed by atoms with Crippen LogP contribution in [0.2, 0.25) is 0 Å². The zero-order valence-electron chi connectivity index (χ0n) is 27.1. The molecule has 0 saturated carbocycles. The fraction of sp³-hybridized carbons (Fsp3) is 0.786. The lowest BCUT2D eigenvalue weighted by Crippen LogP contribution is -2.58. The van der Waals surface area contributed by atoms with Gasteiger partial charge in [-0.1, -0.05) is 20.8 Å². The maximum Gasteiger partial charge on any atom is 0.312 e. The van der Waals surface area contributed by atoms with Crippen LogP contribution in [0.5, 0.6) is 0 Å². The first kappa shape index (κ1) is 41.6. The van der Waals surface area contributed by atoms with Crippen molar-refractivity contribution < 1.29 is 38.2 Å². The van der Waals surface area contributed by atoms with Crippen LogP contribution in [-0.4, -0.2) is 114 Å². The molecule has 0 aromatic heterocycles. The summed E-state index contributed by atoms with van der Waals surface area (Å²) in [5.41, 5.74) is 5.11. The first-order valence-electron chi connectivity index (χ1n) is 15.5. The predicted molar refractivity (Wildman–Crippen MR) is 169 cm³/mol. The third kappa shape index (κ3) is 21.8. The quantitative estimate of drug-likeness (QED) is 0.0389. The Hall–Kier alpha value is -3.44. The van der Waals surface area contributed by atoms with Gasteiger partial charge in [0.15, 0.2) is 7.98 Å². The van der Waals surface area contributed by atoms with E-state index in [2.05, 4.69) is 37.1 Å². The Morgan fingerprint density at radius 2 is 1.29 bits per heavy atom. The summed E-state index contributed by atoms with van der Waals surface area (Å²) < 4.78 is 10.8. The molecule has 0 aromatic rings. The highest BCUT2D eigenvalue weighted by Crippen LogP contribution is 2.08. The molecule has 3 atom stereocenters. The van der Waals surface area contributed by atoms with E-state index in [1.807, 2.05) is 0 Å². The molecule has 256 valence electrons. The van der Waals surface area contributed by atoms with Gasteiger partial charge in [0.25, 0.3) is 0 Å². The van der Waals surface area contributed by atoms with Crippen molar-refractivity contribution in [3.8, 4) is 0 Å². The number of unbranched alkanes of at least 4 members (excludes halogenated alkanes) is 1. The van der Waals surface area contributed by atoms with E-state index in [0.717, 1.165) is 0 Å². The average molecular weight is 641 g/mol. The molecular formula is C28H53BN8O8. The summed E-state index contributed by atoms with van der Waals surface area (Å²) in [6.45, 7) is 9.05. The van der Waals surface area contributed by atoms with Gasteiger partial charge in [0.05, 0.1) is 26.4 Å². The van der Waals surface area contributed by atoms with E-state index < -0.39 is 41.9 Å². The topological polar surface area (TPSA) is 231 Å². The molecule has 0 aliphatic carbocycles. The van der Waals surface area contributed by atoms with Gasteiger partial charge in [0, 0.05) is 33.0 Å². The zero-order valence-corrected chi connectivity index (χ0v) is 27.1. The van der Waals surface area contributed by atoms with Gasteiger partial charge >= 0.3 is 6.03 Å². The van der Waals surface area contributed by atoms with Crippen LogP contribution < -0.4 is 42.9 Å². The lowest BCUT2D eigenvalue weighted by Gasteiger charge is -2.27. The van der Waals surface area contributed by atoms with Gasteiger partial charge in [-0.25, -0.2) is 4.79 Å². The van der Waals surface area contributed by atoms with Gasteiger partial charge < -0.3 is 52.3 Å². The van der Waals surface area contributed by atoms with Crippen molar-refractivity contribution in [2.45, 2.75) is 84.3 Å². The molecule has 0 saturated heterocycles. The SMILES string of the molecule is [B]NCCCC[C@H](NC(C)=O)C(=O)NC(C(=O)N[C@@H](CCCNC(N)=O)C(=O)NCCOCCOCCNC(=O)CC)C(C)C. The molecule has 0 aromatic carbocycles. The summed E-state index contributed by atoms with van der Waals surface area (Å²) >= 11 is 0. The zero-order chi connectivity index (χ0) is 34.0. The number of urea groups is 1. The van der Waals surface area contributed by atoms with E-state index in [0.29, 0.717) is 58.4 Å². The highest BCUT2D eigenvalue weighted by molar-refractivity contribution is 6.04. The van der Waals surface area contributed by atoms with Gasteiger partial charge in [0.1, 0.15) is 18.1 Å². The predicted octanol–water partition coefficient (Wildman–Crippen LogP) is -1.92. The van der Waals surface area contributed by atoms with Crippen LogP contribution in [0.1, 0.15) is 66.2 Å². The van der Waals surface area contributed by atoms with Crippen LogP contribution in [0.4, 0.5) is 4.79 Å². The third-order valence-corrected chi connectivity index (χ3v) is 6.41. The van der Waals surface area contributed by atoms with Gasteiger partial charge in [-0.2, -0.15) is 0 Å². The second-order valence-electron chi connectivity index (χ2n) is 10.6. The normalized spacial score (nSPS) is 12.8. The minimum Gasteiger partial charge on any atom is -0.377 e. The summed E-state index contributed by atoms with van der Waals surface area (Å²) in [6, 6.07) is -3.51. The van der Waals surface area contributed by atoms with E-state index in [4.69, 9.17) is 23.2 Å². The number of ether oxygens (including phenoxy) is 2. The van der Waals surface area contributed by atoms with Gasteiger partial charge in [0.2, 0.25) is 29.5 Å². The van der Waals surface area contributed by atoms with Crippen LogP contribution >= 0.6 is 0 Å². The minimum atomic E-state index is -0.989. The molecule has 2 radical (unpaired) electrons. The molecule has 17 heteroatoms. The number of carbonyl (C=O) groups is 6. The van der Waals surface area contributed by atoms with E-state index in [9.17, 15) is 28.8 Å². The van der Waals surface area contributed by atoms with Gasteiger partial charge in [-0.3, -0.25) is 24.0 Å². The average Bonchev–Trinajstić information content (AvgIpc) is 2.98. The van der Waals surface area contributed by atoms with E-state index in [1.54, 1.807) is 20.8 Å². The van der Waals surface area contributed by atoms with E-state index in [1.165, 1.54) is 6.92 Å². The number of rotatable bonds is 26. The molecule has 16 nitrogen and oxygen atoms in total. The highest BCUT2D eigenvalue weighted by atomic mass is 16.5. The van der Waals surface area contributed by atoms with Crippen LogP contribution in [0.15, 0.2) is 0 Å². The first-order valence-corrected chi connectivity index (χ1v) is 15.5. The number of primary amides is 1. The number of carbonyl (C=O) groups excluding carboxylic acids is 6. The molecule has 1 unspecified atom stereocenters. The lowest BCUT2D eigenvalue weighted by atomic mass is 10.0. The van der Waals surface area contributed by atoms with Crippen molar-refractivity contribution >= 4 is 43.5 Å². The molecule has 0 fully saturated rings. The molecular weight excluding hydrogens is 587 g/mol. The van der Waals surface area contributed by atoms with Crippen LogP contribution in [0, 0.1) is 5.92 Å². The highest BCUT2D eigenvalue weighted by Gasteiger charge is 2.31. The first-order chi connectivity index (χ1) is 21.4. The van der Waals surface area contributed by atoms with E-state index in [-0.39, 0.29) is 50.5 Å². The van der Waals surface area contributed by atoms with Crippen LogP contribution in [0.3, 0.4) is 0 Å². The molecule has 0 rings (SSSR count). The van der Waals surface area contributed by atoms with Gasteiger partial charge in [-0.05, 0) is 44.6 Å². The van der Waals surface area contributed by atoms with Crippen molar-refractivity contribution in [2.24, 2.45) is 11.7 Å². The molecule has 0 aliphatic heterocycles. The van der Waals surface area contributed by atoms with Crippen molar-refractivity contribution in [2.75, 3.05) is 52.6 Å². The summed E-state index contributed by atoms with van der Waals surface area (Å²) in [5.74, 6) is -2.32. The molecule has 0 bridgehead atoms. The second-order valence-corrected chi connectivity index (χ2v) is 10.6. The van der Waals surface area contributed by atoms with Crippen molar-refractivity contribution in [3.05, 3.63) is 0 Å².